The van der Waals surface area contributed by atoms with Crippen LogP contribution in [-0.4, -0.2) is 34.3 Å². The lowest BCUT2D eigenvalue weighted by Gasteiger charge is -2.30. The first-order valence-corrected chi connectivity index (χ1v) is 14.6. The maximum absolute atomic E-state index is 11.4. The van der Waals surface area contributed by atoms with Crippen LogP contribution >= 0.6 is 11.8 Å². The van der Waals surface area contributed by atoms with Crippen LogP contribution in [0.25, 0.3) is 0 Å². The van der Waals surface area contributed by atoms with Gasteiger partial charge in [0.15, 0.2) is 0 Å². The molecule has 2 aromatic rings. The second kappa shape index (κ2) is 16.1. The van der Waals surface area contributed by atoms with E-state index < -0.39 is 5.97 Å². The molecule has 0 fully saturated rings. The number of hydrogen-bond acceptors (Lipinski definition) is 3. The lowest BCUT2D eigenvalue weighted by Crippen LogP contribution is -2.25. The number of hydrogen-bond donors (Lipinski definition) is 2. The highest BCUT2D eigenvalue weighted by atomic mass is 32.2. The summed E-state index contributed by atoms with van der Waals surface area (Å²) in [6, 6.07) is 20.9. The molecule has 2 rings (SSSR count). The van der Waals surface area contributed by atoms with Crippen LogP contribution in [0, 0.1) is 0 Å². The predicted molar refractivity (Wildman–Crippen MR) is 150 cm³/mol. The molecular formula is C31H46O3S. The van der Waals surface area contributed by atoms with Gasteiger partial charge in [-0.15, -0.1) is 0 Å². The average molecular weight is 499 g/mol. The minimum atomic E-state index is -0.718. The lowest BCUT2D eigenvalue weighted by atomic mass is 9.75. The van der Waals surface area contributed by atoms with Crippen LogP contribution in [0.15, 0.2) is 60.7 Å². The summed E-state index contributed by atoms with van der Waals surface area (Å²) in [7, 11) is 0. The minimum Gasteiger partial charge on any atom is -0.481 e. The van der Waals surface area contributed by atoms with Gasteiger partial charge in [0.1, 0.15) is 0 Å². The maximum Gasteiger partial charge on any atom is 0.304 e. The Kier molecular flexibility index (Phi) is 13.5. The first kappa shape index (κ1) is 29.5. The molecule has 2 aromatic carbocycles. The molecule has 194 valence electrons. The number of unbranched alkanes of at least 4 members (excludes halogenated alkanes) is 4. The van der Waals surface area contributed by atoms with Gasteiger partial charge in [-0.2, -0.15) is 11.8 Å². The SMILES string of the molecule is CC(CCCO)(CCCCCSCCCCCC(C)(CC(=O)O)c1ccccc1)c1ccccc1. The van der Waals surface area contributed by atoms with Gasteiger partial charge in [0.25, 0.3) is 0 Å². The van der Waals surface area contributed by atoms with E-state index in [-0.39, 0.29) is 23.9 Å². The van der Waals surface area contributed by atoms with Gasteiger partial charge in [-0.1, -0.05) is 100 Å². The Morgan fingerprint density at radius 3 is 1.63 bits per heavy atom. The number of aliphatic hydroxyl groups is 1. The Bertz CT molecular complexity index is 826. The predicted octanol–water partition coefficient (Wildman–Crippen LogP) is 8.00. The number of carboxylic acid groups (broad SMARTS) is 1. The summed E-state index contributed by atoms with van der Waals surface area (Å²) in [4.78, 5) is 11.4. The fourth-order valence-corrected chi connectivity index (χ4v) is 6.15. The molecule has 0 aliphatic rings. The fourth-order valence-electron chi connectivity index (χ4n) is 5.13. The number of benzene rings is 2. The lowest BCUT2D eigenvalue weighted by molar-refractivity contribution is -0.138. The Morgan fingerprint density at radius 2 is 1.14 bits per heavy atom. The molecule has 0 aromatic heterocycles. The molecule has 0 saturated heterocycles. The van der Waals surface area contributed by atoms with Gasteiger partial charge >= 0.3 is 5.97 Å². The first-order valence-electron chi connectivity index (χ1n) is 13.4. The highest BCUT2D eigenvalue weighted by Crippen LogP contribution is 2.35. The van der Waals surface area contributed by atoms with Crippen molar-refractivity contribution < 1.29 is 15.0 Å². The van der Waals surface area contributed by atoms with Crippen LogP contribution in [0.4, 0.5) is 0 Å². The minimum absolute atomic E-state index is 0.159. The number of aliphatic carboxylic acids is 1. The van der Waals surface area contributed by atoms with E-state index in [4.69, 9.17) is 0 Å². The molecule has 35 heavy (non-hydrogen) atoms. The first-order chi connectivity index (χ1) is 16.9. The number of carboxylic acids is 1. The largest absolute Gasteiger partial charge is 0.481 e. The van der Waals surface area contributed by atoms with E-state index in [2.05, 4.69) is 68.1 Å². The summed E-state index contributed by atoms with van der Waals surface area (Å²) in [6.07, 6.45) is 11.4. The zero-order valence-electron chi connectivity index (χ0n) is 21.9. The molecule has 4 heteroatoms. The van der Waals surface area contributed by atoms with E-state index in [0.29, 0.717) is 0 Å². The zero-order chi connectivity index (χ0) is 25.4. The quantitative estimate of drug-likeness (QED) is 0.193. The van der Waals surface area contributed by atoms with Crippen LogP contribution < -0.4 is 0 Å². The Balaban J connectivity index is 1.59. The summed E-state index contributed by atoms with van der Waals surface area (Å²) >= 11 is 2.06. The van der Waals surface area contributed by atoms with E-state index in [1.54, 1.807) is 0 Å². The van der Waals surface area contributed by atoms with Crippen molar-refractivity contribution in [2.45, 2.75) is 95.3 Å². The van der Waals surface area contributed by atoms with Crippen LogP contribution in [-0.2, 0) is 15.6 Å². The van der Waals surface area contributed by atoms with E-state index in [1.807, 2.05) is 18.2 Å². The molecule has 2 unspecified atom stereocenters. The van der Waals surface area contributed by atoms with Gasteiger partial charge in [-0.05, 0) is 66.6 Å². The second-order valence-electron chi connectivity index (χ2n) is 10.5. The zero-order valence-corrected chi connectivity index (χ0v) is 22.7. The molecular weight excluding hydrogens is 452 g/mol. The van der Waals surface area contributed by atoms with Crippen LogP contribution in [0.5, 0.6) is 0 Å². The topological polar surface area (TPSA) is 57.5 Å². The van der Waals surface area contributed by atoms with Gasteiger partial charge < -0.3 is 10.2 Å². The van der Waals surface area contributed by atoms with Crippen LogP contribution in [0.2, 0.25) is 0 Å². The highest BCUT2D eigenvalue weighted by Gasteiger charge is 2.29. The van der Waals surface area contributed by atoms with Gasteiger partial charge in [-0.3, -0.25) is 4.79 Å². The average Bonchev–Trinajstić information content (AvgIpc) is 2.86. The van der Waals surface area contributed by atoms with Crippen molar-refractivity contribution in [3.05, 3.63) is 71.8 Å². The van der Waals surface area contributed by atoms with Crippen molar-refractivity contribution in [3.63, 3.8) is 0 Å². The van der Waals surface area contributed by atoms with Crippen molar-refractivity contribution in [2.24, 2.45) is 0 Å². The van der Waals surface area contributed by atoms with E-state index in [0.717, 1.165) is 37.7 Å². The summed E-state index contributed by atoms with van der Waals surface area (Å²) in [5, 5.41) is 18.7. The normalized spacial score (nSPS) is 14.8. The smallest absolute Gasteiger partial charge is 0.304 e. The summed E-state index contributed by atoms with van der Waals surface area (Å²) in [5.41, 5.74) is 2.41. The summed E-state index contributed by atoms with van der Waals surface area (Å²) in [6.45, 7) is 4.72. The number of thioether (sulfide) groups is 1. The molecule has 2 atom stereocenters. The molecule has 2 N–H and O–H groups in total. The molecule has 0 amide bonds. The van der Waals surface area contributed by atoms with Gasteiger partial charge in [-0.25, -0.2) is 0 Å². The second-order valence-corrected chi connectivity index (χ2v) is 11.7. The van der Waals surface area contributed by atoms with Gasteiger partial charge in [0, 0.05) is 12.0 Å². The number of rotatable bonds is 19. The molecule has 0 aliphatic carbocycles. The third kappa shape index (κ3) is 10.8. The molecule has 0 bridgehead atoms. The molecule has 0 saturated carbocycles. The van der Waals surface area contributed by atoms with Crippen molar-refractivity contribution in [1.29, 1.82) is 0 Å². The van der Waals surface area contributed by atoms with Crippen molar-refractivity contribution in [1.82, 2.24) is 0 Å². The third-order valence-electron chi connectivity index (χ3n) is 7.40. The molecule has 3 nitrogen and oxygen atoms in total. The summed E-state index contributed by atoms with van der Waals surface area (Å²) < 4.78 is 0. The van der Waals surface area contributed by atoms with Gasteiger partial charge in [0.2, 0.25) is 0 Å². The molecule has 0 radical (unpaired) electrons. The fraction of sp³-hybridized carbons (Fsp3) is 0.581. The summed E-state index contributed by atoms with van der Waals surface area (Å²) in [5.74, 6) is 1.70. The standard InChI is InChI=1S/C31H46O3S/c1-30(22-15-23-32,27-16-7-3-8-17-27)20-11-5-13-24-35-25-14-6-12-21-31(2,26-29(33)34)28-18-9-4-10-19-28/h3-4,7-10,16-19,32H,5-6,11-15,20-26H2,1-2H3,(H,33,34). The number of aliphatic hydroxyl groups excluding tert-OH is 1. The Morgan fingerprint density at radius 1 is 0.686 bits per heavy atom. The maximum atomic E-state index is 11.4. The molecule has 0 aliphatic heterocycles. The highest BCUT2D eigenvalue weighted by molar-refractivity contribution is 7.99. The van der Waals surface area contributed by atoms with Crippen molar-refractivity contribution >= 4 is 17.7 Å². The van der Waals surface area contributed by atoms with Crippen LogP contribution in [0.3, 0.4) is 0 Å². The number of carbonyl (C=O) groups is 1. The monoisotopic (exact) mass is 498 g/mol. The van der Waals surface area contributed by atoms with Crippen LogP contribution in [0.1, 0.15) is 95.6 Å². The van der Waals surface area contributed by atoms with E-state index >= 15 is 0 Å². The van der Waals surface area contributed by atoms with Crippen molar-refractivity contribution in [3.8, 4) is 0 Å². The van der Waals surface area contributed by atoms with E-state index in [1.165, 1.54) is 49.2 Å². The van der Waals surface area contributed by atoms with Crippen molar-refractivity contribution in [2.75, 3.05) is 18.1 Å². The molecule has 0 spiro atoms. The Hall–Kier alpha value is -1.78. The third-order valence-corrected chi connectivity index (χ3v) is 8.56. The molecule has 0 heterocycles. The van der Waals surface area contributed by atoms with Gasteiger partial charge in [0.05, 0.1) is 6.42 Å². The Labute approximate surface area is 217 Å². The van der Waals surface area contributed by atoms with E-state index in [9.17, 15) is 15.0 Å².